The Labute approximate surface area is 180 Å². The summed E-state index contributed by atoms with van der Waals surface area (Å²) in [5, 5.41) is 0. The van der Waals surface area contributed by atoms with Crippen molar-refractivity contribution in [2.75, 3.05) is 0 Å². The normalized spacial score (nSPS) is 44.0. The maximum Gasteiger partial charge on any atom is 0.136 e. The van der Waals surface area contributed by atoms with Gasteiger partial charge in [0, 0.05) is 12.8 Å². The Morgan fingerprint density at radius 2 is 1.76 bits per heavy atom. The van der Waals surface area contributed by atoms with Crippen LogP contribution >= 0.6 is 0 Å². The van der Waals surface area contributed by atoms with E-state index in [9.17, 15) is 4.79 Å². The molecule has 8 atom stereocenters. The first-order chi connectivity index (χ1) is 13.7. The van der Waals surface area contributed by atoms with E-state index in [-0.39, 0.29) is 0 Å². The molecule has 0 aromatic carbocycles. The zero-order chi connectivity index (χ0) is 21.0. The molecule has 3 fully saturated rings. The average Bonchev–Trinajstić information content (AvgIpc) is 3.03. The maximum atomic E-state index is 12.1. The van der Waals surface area contributed by atoms with Gasteiger partial charge in [-0.1, -0.05) is 66.0 Å². The lowest BCUT2D eigenvalue weighted by atomic mass is 9.47. The number of hydrogen-bond acceptors (Lipinski definition) is 1. The largest absolute Gasteiger partial charge is 0.299 e. The molecule has 2 unspecified atom stereocenters. The first kappa shape index (κ1) is 21.6. The predicted molar refractivity (Wildman–Crippen MR) is 123 cm³/mol. The Morgan fingerprint density at radius 1 is 1.00 bits per heavy atom. The third-order valence-corrected chi connectivity index (χ3v) is 10.9. The van der Waals surface area contributed by atoms with Gasteiger partial charge in [0.25, 0.3) is 0 Å². The van der Waals surface area contributed by atoms with Crippen LogP contribution in [0.1, 0.15) is 106 Å². The van der Waals surface area contributed by atoms with E-state index in [4.69, 9.17) is 0 Å². The zero-order valence-electron chi connectivity index (χ0n) is 20.1. The van der Waals surface area contributed by atoms with Gasteiger partial charge in [0.1, 0.15) is 5.78 Å². The number of Topliss-reactive ketones (excluding diaryl/α,β-unsaturated/α-hetero) is 1. The van der Waals surface area contributed by atoms with E-state index >= 15 is 0 Å². The van der Waals surface area contributed by atoms with Gasteiger partial charge < -0.3 is 0 Å². The van der Waals surface area contributed by atoms with Gasteiger partial charge in [-0.15, -0.1) is 0 Å². The van der Waals surface area contributed by atoms with Crippen LogP contribution in [-0.2, 0) is 4.79 Å². The van der Waals surface area contributed by atoms with Crippen LogP contribution < -0.4 is 0 Å². The minimum atomic E-state index is 0.328. The van der Waals surface area contributed by atoms with E-state index in [0.717, 1.165) is 60.7 Å². The van der Waals surface area contributed by atoms with Crippen LogP contribution in [0.25, 0.3) is 0 Å². The second-order valence-electron chi connectivity index (χ2n) is 12.5. The van der Waals surface area contributed by atoms with Gasteiger partial charge in [-0.25, -0.2) is 0 Å². The molecule has 0 saturated heterocycles. The van der Waals surface area contributed by atoms with E-state index in [1.165, 1.54) is 50.5 Å². The van der Waals surface area contributed by atoms with Gasteiger partial charge in [0.15, 0.2) is 0 Å². The molecular formula is C28H46O. The fourth-order valence-electron chi connectivity index (χ4n) is 8.51. The molecule has 0 aliphatic heterocycles. The molecule has 29 heavy (non-hydrogen) atoms. The van der Waals surface area contributed by atoms with Crippen LogP contribution in [0.15, 0.2) is 11.6 Å². The summed E-state index contributed by atoms with van der Waals surface area (Å²) < 4.78 is 0. The lowest BCUT2D eigenvalue weighted by Crippen LogP contribution is -2.50. The van der Waals surface area contributed by atoms with Crippen molar-refractivity contribution in [2.24, 2.45) is 52.3 Å². The predicted octanol–water partition coefficient (Wildman–Crippen LogP) is 7.84. The third kappa shape index (κ3) is 3.57. The van der Waals surface area contributed by atoms with Crippen molar-refractivity contribution in [1.29, 1.82) is 0 Å². The van der Waals surface area contributed by atoms with Gasteiger partial charge >= 0.3 is 0 Å². The Hall–Kier alpha value is -0.590. The van der Waals surface area contributed by atoms with Gasteiger partial charge in [0.05, 0.1) is 0 Å². The summed E-state index contributed by atoms with van der Waals surface area (Å²) in [4.78, 5) is 12.1. The van der Waals surface area contributed by atoms with Crippen LogP contribution in [-0.4, -0.2) is 5.78 Å². The summed E-state index contributed by atoms with van der Waals surface area (Å²) in [7, 11) is 0. The molecule has 0 bridgehead atoms. The minimum Gasteiger partial charge on any atom is -0.299 e. The minimum absolute atomic E-state index is 0.328. The standard InChI is InChI=1S/C28H46O/c1-18(2)19(3)7-8-20(4)24-11-12-25-23-10-9-21-17-22(29)13-15-27(21,5)26(23)14-16-28(24,25)6/h9,18-20,23-26H,7-8,10-17H2,1-6H3/t19?,20?,23-,24+,25-,26-,27-,28+/m0/s1. The lowest BCUT2D eigenvalue weighted by Gasteiger charge is -2.58. The average molecular weight is 399 g/mol. The third-order valence-electron chi connectivity index (χ3n) is 10.9. The SMILES string of the molecule is CC(C)C(C)CCC(C)[C@H]1CC[C@H]2[C@@H]3CC=C4CC(=O)CC[C@]4(C)[C@H]3CC[C@]12C. The van der Waals surface area contributed by atoms with E-state index in [2.05, 4.69) is 47.6 Å². The molecule has 3 saturated carbocycles. The van der Waals surface area contributed by atoms with Crippen LogP contribution in [0, 0.1) is 52.3 Å². The van der Waals surface area contributed by atoms with Crippen molar-refractivity contribution >= 4 is 5.78 Å². The smallest absolute Gasteiger partial charge is 0.136 e. The second kappa shape index (κ2) is 7.83. The molecule has 1 heteroatoms. The molecule has 4 aliphatic carbocycles. The van der Waals surface area contributed by atoms with Crippen molar-refractivity contribution < 1.29 is 4.79 Å². The van der Waals surface area contributed by atoms with Crippen LogP contribution in [0.2, 0.25) is 0 Å². The van der Waals surface area contributed by atoms with Gasteiger partial charge in [0.2, 0.25) is 0 Å². The molecule has 0 radical (unpaired) electrons. The topological polar surface area (TPSA) is 17.1 Å². The van der Waals surface area contributed by atoms with Gasteiger partial charge in [-0.05, 0) is 90.8 Å². The Balaban J connectivity index is 1.49. The second-order valence-corrected chi connectivity index (χ2v) is 12.5. The highest BCUT2D eigenvalue weighted by atomic mass is 16.1. The summed E-state index contributed by atoms with van der Waals surface area (Å²) >= 11 is 0. The highest BCUT2D eigenvalue weighted by Crippen LogP contribution is 2.67. The molecule has 0 amide bonds. The highest BCUT2D eigenvalue weighted by Gasteiger charge is 2.59. The van der Waals surface area contributed by atoms with Crippen molar-refractivity contribution in [3.63, 3.8) is 0 Å². The van der Waals surface area contributed by atoms with Crippen LogP contribution in [0.3, 0.4) is 0 Å². The quantitative estimate of drug-likeness (QED) is 0.431. The molecular weight excluding hydrogens is 352 g/mol. The fourth-order valence-corrected chi connectivity index (χ4v) is 8.51. The first-order valence-corrected chi connectivity index (χ1v) is 12.9. The Kier molecular flexibility index (Phi) is 5.84. The van der Waals surface area contributed by atoms with E-state index < -0.39 is 0 Å². The number of hydrogen-bond donors (Lipinski definition) is 0. The van der Waals surface area contributed by atoms with Crippen molar-refractivity contribution in [3.8, 4) is 0 Å². The van der Waals surface area contributed by atoms with Crippen LogP contribution in [0.4, 0.5) is 0 Å². The highest BCUT2D eigenvalue weighted by molar-refractivity contribution is 5.82. The number of fused-ring (bicyclic) bond motifs is 5. The number of carbonyl (C=O) groups is 1. The number of rotatable bonds is 5. The molecule has 1 nitrogen and oxygen atoms in total. The molecule has 0 aromatic heterocycles. The molecule has 0 heterocycles. The molecule has 0 N–H and O–H groups in total. The first-order valence-electron chi connectivity index (χ1n) is 12.9. The Bertz CT molecular complexity index is 659. The summed E-state index contributed by atoms with van der Waals surface area (Å²) in [6, 6.07) is 0. The van der Waals surface area contributed by atoms with Gasteiger partial charge in [-0.3, -0.25) is 4.79 Å². The van der Waals surface area contributed by atoms with E-state index in [1.807, 2.05) is 0 Å². The lowest BCUT2D eigenvalue weighted by molar-refractivity contribution is -0.122. The number of carbonyl (C=O) groups excluding carboxylic acids is 1. The van der Waals surface area contributed by atoms with Crippen molar-refractivity contribution in [1.82, 2.24) is 0 Å². The maximum absolute atomic E-state index is 12.1. The van der Waals surface area contributed by atoms with Crippen molar-refractivity contribution in [2.45, 2.75) is 106 Å². The number of allylic oxidation sites excluding steroid dienone is 2. The molecule has 0 spiro atoms. The molecule has 4 aliphatic rings. The summed E-state index contributed by atoms with van der Waals surface area (Å²) in [5.41, 5.74) is 2.41. The molecule has 0 aromatic rings. The summed E-state index contributed by atoms with van der Waals surface area (Å²) in [6.45, 7) is 15.0. The summed E-state index contributed by atoms with van der Waals surface area (Å²) in [5.74, 6) is 6.59. The molecule has 4 rings (SSSR count). The number of ketones is 1. The fraction of sp³-hybridized carbons (Fsp3) is 0.893. The molecule has 164 valence electrons. The van der Waals surface area contributed by atoms with E-state index in [1.54, 1.807) is 0 Å². The summed E-state index contributed by atoms with van der Waals surface area (Å²) in [6.07, 6.45) is 15.1. The monoisotopic (exact) mass is 398 g/mol. The Morgan fingerprint density at radius 3 is 2.48 bits per heavy atom. The van der Waals surface area contributed by atoms with Gasteiger partial charge in [-0.2, -0.15) is 0 Å². The van der Waals surface area contributed by atoms with Crippen molar-refractivity contribution in [3.05, 3.63) is 11.6 Å². The zero-order valence-corrected chi connectivity index (χ0v) is 20.1. The van der Waals surface area contributed by atoms with E-state index in [0.29, 0.717) is 16.6 Å². The van der Waals surface area contributed by atoms with Crippen LogP contribution in [0.5, 0.6) is 0 Å².